The molecule has 6 nitrogen and oxygen atoms in total. The van der Waals surface area contributed by atoms with E-state index in [9.17, 15) is 0 Å². The van der Waals surface area contributed by atoms with Crippen molar-refractivity contribution in [3.05, 3.63) is 11.3 Å². The Bertz CT molecular complexity index is 486. The molecule has 0 spiro atoms. The summed E-state index contributed by atoms with van der Waals surface area (Å²) in [5.41, 5.74) is 13.8. The number of rotatable bonds is 1. The predicted octanol–water partition coefficient (Wildman–Crippen LogP) is 0.160. The zero-order valence-electron chi connectivity index (χ0n) is 8.15. The third kappa shape index (κ3) is 1.07. The van der Waals surface area contributed by atoms with Gasteiger partial charge >= 0.3 is 0 Å². The lowest BCUT2D eigenvalue weighted by Crippen LogP contribution is -2.07. The van der Waals surface area contributed by atoms with E-state index >= 15 is 0 Å². The largest absolute Gasteiger partial charge is 0.368 e. The third-order valence-corrected chi connectivity index (χ3v) is 2.19. The maximum absolute atomic E-state index is 5.66. The molecule has 4 N–H and O–H groups in total. The molecule has 0 amide bonds. The van der Waals surface area contributed by atoms with Crippen molar-refractivity contribution in [1.82, 2.24) is 19.6 Å². The average molecular weight is 192 g/mol. The van der Waals surface area contributed by atoms with Gasteiger partial charge in [0.05, 0.1) is 5.69 Å². The molecule has 0 aliphatic heterocycles. The molecule has 6 heteroatoms. The fraction of sp³-hybridized carbons (Fsp3) is 0.375. The lowest BCUT2D eigenvalue weighted by molar-refractivity contribution is 0.872. The van der Waals surface area contributed by atoms with Crippen LogP contribution in [0.1, 0.15) is 18.2 Å². The molecule has 2 aromatic heterocycles. The Hall–Kier alpha value is -1.85. The van der Waals surface area contributed by atoms with Gasteiger partial charge in [0.25, 0.3) is 0 Å². The van der Waals surface area contributed by atoms with Crippen molar-refractivity contribution in [3.8, 4) is 0 Å². The van der Waals surface area contributed by atoms with Crippen molar-refractivity contribution >= 4 is 17.5 Å². The monoisotopic (exact) mass is 192 g/mol. The van der Waals surface area contributed by atoms with E-state index in [-0.39, 0.29) is 11.9 Å². The van der Waals surface area contributed by atoms with Gasteiger partial charge in [0, 0.05) is 5.56 Å². The molecule has 2 heterocycles. The van der Waals surface area contributed by atoms with Gasteiger partial charge in [-0.1, -0.05) is 6.92 Å². The third-order valence-electron chi connectivity index (χ3n) is 2.19. The Balaban J connectivity index is 2.85. The number of nitrogens with two attached hydrogens (primary N) is 2. The van der Waals surface area contributed by atoms with Crippen molar-refractivity contribution in [2.75, 3.05) is 11.5 Å². The first-order valence-corrected chi connectivity index (χ1v) is 4.40. The van der Waals surface area contributed by atoms with Gasteiger partial charge in [-0.3, -0.25) is 0 Å². The fourth-order valence-corrected chi connectivity index (χ4v) is 1.46. The van der Waals surface area contributed by atoms with Gasteiger partial charge in [-0.2, -0.15) is 19.6 Å². The van der Waals surface area contributed by atoms with Crippen molar-refractivity contribution in [2.24, 2.45) is 0 Å². The topological polar surface area (TPSA) is 95.1 Å². The fourth-order valence-electron chi connectivity index (χ4n) is 1.46. The summed E-state index contributed by atoms with van der Waals surface area (Å²) >= 11 is 0. The molecule has 74 valence electrons. The van der Waals surface area contributed by atoms with Crippen molar-refractivity contribution < 1.29 is 0 Å². The predicted molar refractivity (Wildman–Crippen MR) is 53.7 cm³/mol. The molecular weight excluding hydrogens is 180 g/mol. The molecule has 0 fully saturated rings. The molecular formula is C8H12N6. The summed E-state index contributed by atoms with van der Waals surface area (Å²) in [5, 5.41) is 4.28. The first kappa shape index (κ1) is 8.74. The zero-order chi connectivity index (χ0) is 10.3. The Kier molecular flexibility index (Phi) is 1.77. The minimum absolute atomic E-state index is 0.181. The number of anilines is 2. The maximum Gasteiger partial charge on any atom is 0.226 e. The summed E-state index contributed by atoms with van der Waals surface area (Å²) in [6.45, 7) is 3.98. The molecule has 0 saturated heterocycles. The molecule has 14 heavy (non-hydrogen) atoms. The van der Waals surface area contributed by atoms with Gasteiger partial charge in [0.2, 0.25) is 11.9 Å². The van der Waals surface area contributed by atoms with Crippen LogP contribution in [0.5, 0.6) is 0 Å². The molecule has 0 aliphatic carbocycles. The Morgan fingerprint density at radius 3 is 2.64 bits per heavy atom. The lowest BCUT2D eigenvalue weighted by atomic mass is 10.2. The van der Waals surface area contributed by atoms with Crippen LogP contribution in [0.25, 0.3) is 5.65 Å². The summed E-state index contributed by atoms with van der Waals surface area (Å²) < 4.78 is 1.52. The van der Waals surface area contributed by atoms with E-state index in [4.69, 9.17) is 11.5 Å². The number of aromatic nitrogens is 4. The highest BCUT2D eigenvalue weighted by atomic mass is 15.3. The van der Waals surface area contributed by atoms with Crippen LogP contribution in [0.15, 0.2) is 0 Å². The van der Waals surface area contributed by atoms with Crippen molar-refractivity contribution in [3.63, 3.8) is 0 Å². The highest BCUT2D eigenvalue weighted by Gasteiger charge is 2.11. The second-order valence-electron chi connectivity index (χ2n) is 3.10. The van der Waals surface area contributed by atoms with E-state index < -0.39 is 0 Å². The van der Waals surface area contributed by atoms with E-state index in [0.29, 0.717) is 5.65 Å². The van der Waals surface area contributed by atoms with Crippen LogP contribution in [-0.2, 0) is 6.42 Å². The summed E-state index contributed by atoms with van der Waals surface area (Å²) in [6, 6.07) is 0. The lowest BCUT2D eigenvalue weighted by Gasteiger charge is -1.98. The van der Waals surface area contributed by atoms with Gasteiger partial charge < -0.3 is 11.5 Å². The van der Waals surface area contributed by atoms with Crippen molar-refractivity contribution in [1.29, 1.82) is 0 Å². The van der Waals surface area contributed by atoms with E-state index in [1.807, 2.05) is 13.8 Å². The number of hydrogen-bond acceptors (Lipinski definition) is 5. The number of nitrogen functional groups attached to an aromatic ring is 2. The standard InChI is InChI=1S/C8H12N6/c1-3-5-4(2)6-11-7(9)12-8(10)14(6)13-5/h3H2,1-2H3,(H4,9,10,11,12). The first-order valence-electron chi connectivity index (χ1n) is 4.40. The van der Waals surface area contributed by atoms with Crippen LogP contribution in [0.4, 0.5) is 11.9 Å². The molecule has 0 atom stereocenters. The van der Waals surface area contributed by atoms with Crippen molar-refractivity contribution in [2.45, 2.75) is 20.3 Å². The first-order chi connectivity index (χ1) is 6.63. The smallest absolute Gasteiger partial charge is 0.226 e. The van der Waals surface area contributed by atoms with Gasteiger partial charge in [0.15, 0.2) is 5.65 Å². The van der Waals surface area contributed by atoms with Crippen LogP contribution in [0, 0.1) is 6.92 Å². The molecule has 0 aliphatic rings. The maximum atomic E-state index is 5.66. The van der Waals surface area contributed by atoms with E-state index in [1.54, 1.807) is 0 Å². The Labute approximate surface area is 81.0 Å². The van der Waals surface area contributed by atoms with Crippen LogP contribution in [0.2, 0.25) is 0 Å². The van der Waals surface area contributed by atoms with Crippen LogP contribution >= 0.6 is 0 Å². The van der Waals surface area contributed by atoms with Gasteiger partial charge in [-0.15, -0.1) is 0 Å². The minimum Gasteiger partial charge on any atom is -0.368 e. The van der Waals surface area contributed by atoms with E-state index in [2.05, 4.69) is 15.1 Å². The van der Waals surface area contributed by atoms with E-state index in [1.165, 1.54) is 4.52 Å². The van der Waals surface area contributed by atoms with Gasteiger partial charge in [-0.25, -0.2) is 0 Å². The molecule has 2 aromatic rings. The molecule has 0 radical (unpaired) electrons. The Morgan fingerprint density at radius 2 is 2.00 bits per heavy atom. The summed E-state index contributed by atoms with van der Waals surface area (Å²) in [4.78, 5) is 7.93. The SMILES string of the molecule is CCc1nn2c(N)nc(N)nc2c1C. The van der Waals surface area contributed by atoms with Crippen LogP contribution in [-0.4, -0.2) is 19.6 Å². The van der Waals surface area contributed by atoms with Gasteiger partial charge in [-0.05, 0) is 13.3 Å². The van der Waals surface area contributed by atoms with Gasteiger partial charge in [0.1, 0.15) is 0 Å². The molecule has 2 rings (SSSR count). The summed E-state index contributed by atoms with van der Waals surface area (Å²) in [5.74, 6) is 0.455. The van der Waals surface area contributed by atoms with Crippen LogP contribution < -0.4 is 11.5 Å². The second kappa shape index (κ2) is 2.83. The number of aryl methyl sites for hydroxylation is 2. The summed E-state index contributed by atoms with van der Waals surface area (Å²) in [6.07, 6.45) is 0.842. The molecule has 0 bridgehead atoms. The average Bonchev–Trinajstić information content (AvgIpc) is 2.44. The quantitative estimate of drug-likeness (QED) is 0.671. The molecule has 0 saturated carbocycles. The molecule has 0 aromatic carbocycles. The molecule has 0 unspecified atom stereocenters. The minimum atomic E-state index is 0.181. The normalized spacial score (nSPS) is 11.0. The summed E-state index contributed by atoms with van der Waals surface area (Å²) in [7, 11) is 0. The highest BCUT2D eigenvalue weighted by molar-refractivity contribution is 5.54. The van der Waals surface area contributed by atoms with E-state index in [0.717, 1.165) is 17.7 Å². The second-order valence-corrected chi connectivity index (χ2v) is 3.10. The Morgan fingerprint density at radius 1 is 1.29 bits per heavy atom. The number of fused-ring (bicyclic) bond motifs is 1. The highest BCUT2D eigenvalue weighted by Crippen LogP contribution is 2.15. The number of hydrogen-bond donors (Lipinski definition) is 2. The number of nitrogens with zero attached hydrogens (tertiary/aromatic N) is 4. The zero-order valence-corrected chi connectivity index (χ0v) is 8.15. The van der Waals surface area contributed by atoms with Crippen LogP contribution in [0.3, 0.4) is 0 Å².